The first-order valence-corrected chi connectivity index (χ1v) is 48.2. The van der Waals surface area contributed by atoms with Crippen molar-refractivity contribution in [1.82, 2.24) is 39.8 Å². The number of thiazole rings is 2. The number of halogens is 8. The zero-order chi connectivity index (χ0) is 96.2. The van der Waals surface area contributed by atoms with Gasteiger partial charge in [-0.2, -0.15) is 51.6 Å². The molecule has 134 heavy (non-hydrogen) atoms. The van der Waals surface area contributed by atoms with Crippen LogP contribution in [0.5, 0.6) is 0 Å². The van der Waals surface area contributed by atoms with Gasteiger partial charge in [-0.25, -0.2) is 29.1 Å². The van der Waals surface area contributed by atoms with Crippen molar-refractivity contribution in [2.45, 2.75) is 33.9 Å². The molecule has 0 saturated carbocycles. The Balaban J connectivity index is 0.000000167. The van der Waals surface area contributed by atoms with Crippen LogP contribution in [0.15, 0.2) is 296 Å². The number of esters is 3. The van der Waals surface area contributed by atoms with E-state index in [4.69, 9.17) is 33.0 Å². The molecule has 5 aliphatic heterocycles. The molecule has 7 heterocycles. The van der Waals surface area contributed by atoms with Crippen LogP contribution >= 0.6 is 94.7 Å². The molecule has 5 fully saturated rings. The molecule has 0 spiro atoms. The Hall–Kier alpha value is -11.1. The van der Waals surface area contributed by atoms with Crippen LogP contribution in [0.4, 0.5) is 26.3 Å². The molecular formula is C100H98Cl2F6N8O12S6. The molecule has 2 N–H and O–H groups in total. The van der Waals surface area contributed by atoms with E-state index >= 15 is 0 Å². The van der Waals surface area contributed by atoms with E-state index in [0.717, 1.165) is 87.5 Å². The average molecular weight is 1980 g/mol. The van der Waals surface area contributed by atoms with Gasteiger partial charge in [-0.15, -0.1) is 69.4 Å². The number of rotatable bonds is 20. The summed E-state index contributed by atoms with van der Waals surface area (Å²) in [4.78, 5) is 113. The number of hydrogen-bond acceptors (Lipinski definition) is 22. The van der Waals surface area contributed by atoms with E-state index < -0.39 is 35.7 Å². The van der Waals surface area contributed by atoms with Gasteiger partial charge in [0.1, 0.15) is 4.08 Å². The molecule has 0 aliphatic carbocycles. The number of ether oxygens (including phenoxy) is 3. The predicted octanol–water partition coefficient (Wildman–Crippen LogP) is 19.7. The molecule has 34 heteroatoms. The van der Waals surface area contributed by atoms with Crippen molar-refractivity contribution < 1.29 is 84.0 Å². The number of aromatic carboxylic acids is 1. The van der Waals surface area contributed by atoms with Crippen LogP contribution in [0, 0.1) is 0 Å². The van der Waals surface area contributed by atoms with Gasteiger partial charge in [-0.05, 0) is 83.3 Å². The number of nitrogens with zero attached hydrogens (tertiary/aromatic N) is 7. The van der Waals surface area contributed by atoms with Gasteiger partial charge < -0.3 is 39.3 Å². The number of benzene rings is 10. The highest BCUT2D eigenvalue weighted by Gasteiger charge is 2.42. The van der Waals surface area contributed by atoms with Gasteiger partial charge in [0.05, 0.1) is 48.9 Å². The number of carboxylic acid groups (broad SMARTS) is 1. The van der Waals surface area contributed by atoms with E-state index in [1.807, 2.05) is 87.2 Å². The molecule has 2 aromatic heterocycles. The summed E-state index contributed by atoms with van der Waals surface area (Å²) >= 11 is 23.9. The fourth-order valence-electron chi connectivity index (χ4n) is 14.2. The third kappa shape index (κ3) is 28.5. The largest absolute Gasteiger partial charge is 0.478 e. The van der Waals surface area contributed by atoms with Gasteiger partial charge in [0.15, 0.2) is 15.8 Å². The molecule has 3 amide bonds. The normalized spacial score (nSPS) is 14.6. The first-order valence-electron chi connectivity index (χ1n) is 42.1. The van der Waals surface area contributed by atoms with Crippen molar-refractivity contribution in [2.75, 3.05) is 128 Å². The molecule has 0 radical (unpaired) electrons. The number of methoxy groups -OCH3 is 3. The van der Waals surface area contributed by atoms with Gasteiger partial charge >= 0.3 is 23.9 Å². The summed E-state index contributed by atoms with van der Waals surface area (Å²) in [6.07, 6.45) is 3.32. The number of thiol groups is 2. The molecule has 10 aromatic carbocycles. The third-order valence-corrected chi connectivity index (χ3v) is 27.5. The van der Waals surface area contributed by atoms with Crippen LogP contribution in [0.25, 0.3) is 0 Å². The number of thioether (sulfide) groups is 2. The van der Waals surface area contributed by atoms with E-state index in [-0.39, 0.29) is 89.4 Å². The Labute approximate surface area is 811 Å². The number of ketones is 1. The second-order valence-electron chi connectivity index (χ2n) is 29.9. The number of amides is 3. The van der Waals surface area contributed by atoms with Crippen LogP contribution in [0.1, 0.15) is 132 Å². The quantitative estimate of drug-likeness (QED) is 0.0138. The lowest BCUT2D eigenvalue weighted by Crippen LogP contribution is -2.64. The van der Waals surface area contributed by atoms with Gasteiger partial charge in [0.25, 0.3) is 35.5 Å². The first kappa shape index (κ1) is 105. The Morgan fingerprint density at radius 1 is 0.396 bits per heavy atom. The lowest BCUT2D eigenvalue weighted by molar-refractivity contribution is 0.00842. The summed E-state index contributed by atoms with van der Waals surface area (Å²) in [6, 6.07) is 72.7. The summed E-state index contributed by atoms with van der Waals surface area (Å²) in [7, 11) is 3.98. The third-order valence-electron chi connectivity index (χ3n) is 21.7. The topological polar surface area (TPSA) is 238 Å². The maximum Gasteiger partial charge on any atom is 0.337 e. The molecule has 702 valence electrons. The second kappa shape index (κ2) is 52.1. The molecule has 12 aromatic rings. The maximum absolute atomic E-state index is 14.7. The highest BCUT2D eigenvalue weighted by molar-refractivity contribution is 8.20. The minimum atomic E-state index is -3.13. The van der Waals surface area contributed by atoms with Crippen LogP contribution in [-0.4, -0.2) is 227 Å². The lowest BCUT2D eigenvalue weighted by Gasteiger charge is -2.48. The predicted molar refractivity (Wildman–Crippen MR) is 523 cm³/mol. The SMILES string of the molecule is COC(=O)c1ccc(C(=O)c2ccccc2)cc1.COC(=O)c1ccc(C(F)(F)c2ccccc2)cc1.COC(=O)c1ccc(C2(c3ccccc3)SCCS2)cc1.ClCCl.O=C(O)c1ccc(C(F)(F)c2ccccc2)cc1.O=C(c1ccc(C(F)(F)c2ccccc2)cc1)N1CC(N2CCN(C(=O)c3nccs3)CC2)C1.O=C(c1nccs1)N1CCN(C2CNC2)CC1.SCCS. The van der Waals surface area contributed by atoms with Crippen molar-refractivity contribution in [3.63, 3.8) is 0 Å². The van der Waals surface area contributed by atoms with Crippen LogP contribution < -0.4 is 5.32 Å². The fraction of sp³-hybridized carbons (Fsp3) is 0.260. The van der Waals surface area contributed by atoms with Gasteiger partial charge in [0.2, 0.25) is 0 Å². The summed E-state index contributed by atoms with van der Waals surface area (Å²) in [5, 5.41) is 17.0. The Kier molecular flexibility index (Phi) is 40.8. The van der Waals surface area contributed by atoms with E-state index in [1.54, 1.807) is 102 Å². The van der Waals surface area contributed by atoms with Gasteiger partial charge in [0, 0.05) is 175 Å². The van der Waals surface area contributed by atoms with Crippen LogP contribution in [0.3, 0.4) is 0 Å². The summed E-state index contributed by atoms with van der Waals surface area (Å²) in [5.74, 6) is -7.83. The number of hydrogen-bond donors (Lipinski definition) is 4. The monoisotopic (exact) mass is 1980 g/mol. The minimum Gasteiger partial charge on any atom is -0.478 e. The molecule has 0 bridgehead atoms. The van der Waals surface area contributed by atoms with Crippen molar-refractivity contribution in [3.05, 3.63) is 390 Å². The Morgan fingerprint density at radius 2 is 0.694 bits per heavy atom. The zero-order valence-corrected chi connectivity index (χ0v) is 79.7. The van der Waals surface area contributed by atoms with E-state index in [1.165, 1.54) is 164 Å². The fourth-order valence-corrected chi connectivity index (χ4v) is 18.7. The van der Waals surface area contributed by atoms with Gasteiger partial charge in [-0.3, -0.25) is 29.0 Å². The molecule has 17 rings (SSSR count). The first-order chi connectivity index (χ1) is 64.6. The van der Waals surface area contributed by atoms with Crippen LogP contribution in [0.2, 0.25) is 0 Å². The highest BCUT2D eigenvalue weighted by atomic mass is 35.5. The standard InChI is InChI=1S/C25H24F2N4O2S.C17H16O2S2.C15H12F2O2.C15H12O3.C14H10F2O2.C11H16N4OS.C2H6S2.CH2Cl2/c26-25(27,19-4-2-1-3-5-19)20-8-6-18(7-9-20)23(32)31-16-21(17-31)29-11-13-30(14-12-29)24(33)22-28-10-15-34-22;1-19-16(18)13-7-9-15(10-8-13)17(20-11-12-21-17)14-5-3-2-4-6-14;1-19-14(18)11-7-9-13(10-8-11)15(16,17)12-5-3-2-4-6-12;1-18-15(17)13-9-7-12(8-10-13)14(16)11-5-3-2-4-6-11;15-14(16,11-4-2-1-3-5-11)12-8-6-10(7-9-12)13(17)18;16-11(10-13-1-6-17-10)15-4-2-14(3-5-15)9-7-12-8-9;3-1-2-4;2-1-3/h1-10,15,21H,11-14,16-17H2;2-10H,11-12H2,1H3;2-10H,1H3;2-10H,1H3;1-9H,(H,17,18);1,6,9,12H,2-5,7-8H2;3-4H,1-2H2;1H2. The zero-order valence-electron chi connectivity index (χ0n) is 73.1. The number of piperazine rings is 2. The summed E-state index contributed by atoms with van der Waals surface area (Å²) < 4.78 is 99.8. The van der Waals surface area contributed by atoms with Crippen LogP contribution in [-0.2, 0) is 36.1 Å². The number of carbonyl (C=O) groups excluding carboxylic acids is 7. The number of alkyl halides is 8. The molecule has 0 atom stereocenters. The molecular weight excluding hydrogens is 1880 g/mol. The number of carbonyl (C=O) groups is 8. The van der Waals surface area contributed by atoms with Crippen molar-refractivity contribution in [1.29, 1.82) is 0 Å². The lowest BCUT2D eigenvalue weighted by atomic mass is 9.98. The second-order valence-corrected chi connectivity index (χ2v) is 36.3. The molecule has 0 unspecified atom stereocenters. The highest BCUT2D eigenvalue weighted by Crippen LogP contribution is 2.56. The number of likely N-dealkylation sites (tertiary alicyclic amines) is 1. The van der Waals surface area contributed by atoms with E-state index in [2.05, 4.69) is 84.1 Å². The van der Waals surface area contributed by atoms with E-state index in [9.17, 15) is 64.7 Å². The maximum atomic E-state index is 14.7. The minimum absolute atomic E-state index is 0.0115. The van der Waals surface area contributed by atoms with Crippen molar-refractivity contribution in [3.8, 4) is 0 Å². The van der Waals surface area contributed by atoms with Gasteiger partial charge in [-0.1, -0.05) is 212 Å². The van der Waals surface area contributed by atoms with E-state index in [0.29, 0.717) is 70.1 Å². The Morgan fingerprint density at radius 3 is 1.02 bits per heavy atom. The van der Waals surface area contributed by atoms with Crippen molar-refractivity contribution in [2.24, 2.45) is 0 Å². The summed E-state index contributed by atoms with van der Waals surface area (Å²) in [6.45, 7) is 9.82. The molecule has 20 nitrogen and oxygen atoms in total. The Bertz CT molecular complexity index is 5670. The molecule has 5 saturated heterocycles. The number of aromatic nitrogens is 2. The van der Waals surface area contributed by atoms with Crippen molar-refractivity contribution >= 4 is 142 Å². The molecule has 5 aliphatic rings. The smallest absolute Gasteiger partial charge is 0.337 e. The number of carboxylic acids is 1. The number of nitrogens with one attached hydrogen (secondary N) is 1. The average Bonchev–Trinajstić information content (AvgIpc) is 1.81. The summed E-state index contributed by atoms with van der Waals surface area (Å²) in [5.41, 5.74) is 4.59.